The van der Waals surface area contributed by atoms with E-state index in [-0.39, 0.29) is 25.5 Å². The highest BCUT2D eigenvalue weighted by atomic mass is 35.5. The summed E-state index contributed by atoms with van der Waals surface area (Å²) in [5.41, 5.74) is 2.41. The van der Waals surface area contributed by atoms with E-state index in [0.29, 0.717) is 17.3 Å². The minimum absolute atomic E-state index is 0.0721. The second kappa shape index (κ2) is 8.89. The van der Waals surface area contributed by atoms with Crippen molar-refractivity contribution >= 4 is 35.1 Å². The summed E-state index contributed by atoms with van der Waals surface area (Å²) in [5, 5.41) is 3.28. The molecule has 1 N–H and O–H groups in total. The Morgan fingerprint density at radius 1 is 1.18 bits per heavy atom. The molecule has 7 heteroatoms. The Labute approximate surface area is 168 Å². The number of carbonyl (C=O) groups excluding carboxylic acids is 3. The van der Waals surface area contributed by atoms with Gasteiger partial charge in [-0.05, 0) is 30.2 Å². The van der Waals surface area contributed by atoms with Crippen molar-refractivity contribution in [1.82, 2.24) is 4.90 Å². The van der Waals surface area contributed by atoms with Gasteiger partial charge in [0.15, 0.2) is 6.61 Å². The van der Waals surface area contributed by atoms with E-state index in [1.807, 2.05) is 43.3 Å². The van der Waals surface area contributed by atoms with Gasteiger partial charge < -0.3 is 15.0 Å². The smallest absolute Gasteiger partial charge is 0.311 e. The molecule has 0 unspecified atom stereocenters. The molecule has 1 saturated heterocycles. The molecule has 2 amide bonds. The topological polar surface area (TPSA) is 75.7 Å². The van der Waals surface area contributed by atoms with Gasteiger partial charge in [-0.1, -0.05) is 48.0 Å². The lowest BCUT2D eigenvalue weighted by molar-refractivity contribution is -0.151. The number of hydrogen-bond acceptors (Lipinski definition) is 4. The Balaban J connectivity index is 1.50. The molecule has 0 radical (unpaired) electrons. The molecule has 146 valence electrons. The van der Waals surface area contributed by atoms with Crippen LogP contribution in [0.15, 0.2) is 48.5 Å². The van der Waals surface area contributed by atoms with Gasteiger partial charge in [0, 0.05) is 30.2 Å². The third kappa shape index (κ3) is 4.89. The summed E-state index contributed by atoms with van der Waals surface area (Å²) in [6, 6.07) is 14.6. The highest BCUT2D eigenvalue weighted by Crippen LogP contribution is 2.24. The second-order valence-electron chi connectivity index (χ2n) is 6.74. The van der Waals surface area contributed by atoms with Crippen molar-refractivity contribution in [2.24, 2.45) is 5.92 Å². The molecule has 0 spiro atoms. The molecule has 2 aromatic rings. The number of hydrogen-bond donors (Lipinski definition) is 1. The maximum absolute atomic E-state index is 12.3. The Hall–Kier alpha value is -2.86. The van der Waals surface area contributed by atoms with Crippen LogP contribution in [0.3, 0.4) is 0 Å². The van der Waals surface area contributed by atoms with Crippen molar-refractivity contribution in [3.05, 3.63) is 64.7 Å². The molecule has 1 atom stereocenters. The average molecular weight is 401 g/mol. The van der Waals surface area contributed by atoms with E-state index < -0.39 is 17.8 Å². The largest absolute Gasteiger partial charge is 0.455 e. The van der Waals surface area contributed by atoms with Crippen LogP contribution in [-0.2, 0) is 25.7 Å². The summed E-state index contributed by atoms with van der Waals surface area (Å²) in [6.45, 7) is 2.08. The Kier molecular flexibility index (Phi) is 6.31. The zero-order chi connectivity index (χ0) is 20.1. The third-order valence-corrected chi connectivity index (χ3v) is 5.00. The number of ether oxygens (including phenoxy) is 1. The number of para-hydroxylation sites is 1. The van der Waals surface area contributed by atoms with Crippen LogP contribution in [-0.4, -0.2) is 35.8 Å². The number of aryl methyl sites for hydroxylation is 1. The van der Waals surface area contributed by atoms with Gasteiger partial charge in [0.05, 0.1) is 5.92 Å². The number of halogens is 1. The third-order valence-electron chi connectivity index (χ3n) is 4.63. The molecule has 6 nitrogen and oxygen atoms in total. The average Bonchev–Trinajstić information content (AvgIpc) is 3.04. The van der Waals surface area contributed by atoms with Gasteiger partial charge in [-0.25, -0.2) is 0 Å². The first-order valence-corrected chi connectivity index (χ1v) is 9.35. The maximum atomic E-state index is 12.3. The minimum Gasteiger partial charge on any atom is -0.455 e. The number of likely N-dealkylation sites (tertiary alicyclic amines) is 1. The first kappa shape index (κ1) is 19.9. The van der Waals surface area contributed by atoms with Crippen LogP contribution in [0.25, 0.3) is 0 Å². The molecule has 0 bridgehead atoms. The van der Waals surface area contributed by atoms with E-state index in [4.69, 9.17) is 16.3 Å². The summed E-state index contributed by atoms with van der Waals surface area (Å²) < 4.78 is 5.11. The van der Waals surface area contributed by atoms with Gasteiger partial charge in [0.1, 0.15) is 0 Å². The van der Waals surface area contributed by atoms with Crippen molar-refractivity contribution in [2.75, 3.05) is 18.5 Å². The quantitative estimate of drug-likeness (QED) is 0.755. The predicted molar refractivity (Wildman–Crippen MR) is 106 cm³/mol. The monoisotopic (exact) mass is 400 g/mol. The minimum atomic E-state index is -0.582. The Bertz CT molecular complexity index is 899. The standard InChI is InChI=1S/C21H21ClN2O4/c1-14-6-2-5-9-18(14)23-19(25)13-28-21(27)16-10-20(26)24(12-16)11-15-7-3-4-8-17(15)22/h2-9,16H,10-13H2,1H3,(H,23,25)/t16-/m0/s1. The van der Waals surface area contributed by atoms with Gasteiger partial charge in [-0.15, -0.1) is 0 Å². The molecular weight excluding hydrogens is 380 g/mol. The first-order valence-electron chi connectivity index (χ1n) is 8.97. The van der Waals surface area contributed by atoms with Crippen LogP contribution in [0.5, 0.6) is 0 Å². The maximum Gasteiger partial charge on any atom is 0.311 e. The van der Waals surface area contributed by atoms with Crippen LogP contribution >= 0.6 is 11.6 Å². The highest BCUT2D eigenvalue weighted by molar-refractivity contribution is 6.31. The van der Waals surface area contributed by atoms with Crippen molar-refractivity contribution in [3.8, 4) is 0 Å². The van der Waals surface area contributed by atoms with Gasteiger partial charge in [-0.3, -0.25) is 14.4 Å². The molecule has 28 heavy (non-hydrogen) atoms. The Morgan fingerprint density at radius 2 is 1.89 bits per heavy atom. The molecule has 0 aromatic heterocycles. The molecule has 1 aliphatic rings. The van der Waals surface area contributed by atoms with E-state index in [9.17, 15) is 14.4 Å². The van der Waals surface area contributed by atoms with Crippen LogP contribution in [0.2, 0.25) is 5.02 Å². The number of rotatable bonds is 6. The lowest BCUT2D eigenvalue weighted by Crippen LogP contribution is -2.28. The lowest BCUT2D eigenvalue weighted by Gasteiger charge is -2.17. The summed E-state index contributed by atoms with van der Waals surface area (Å²) in [5.74, 6) is -1.68. The van der Waals surface area contributed by atoms with Crippen LogP contribution in [0, 0.1) is 12.8 Å². The highest BCUT2D eigenvalue weighted by Gasteiger charge is 2.35. The van der Waals surface area contributed by atoms with Crippen LogP contribution in [0.1, 0.15) is 17.5 Å². The Morgan fingerprint density at radius 3 is 2.64 bits per heavy atom. The SMILES string of the molecule is Cc1ccccc1NC(=O)COC(=O)[C@H]1CC(=O)N(Cc2ccccc2Cl)C1. The van der Waals surface area contributed by atoms with Gasteiger partial charge in [0.2, 0.25) is 5.91 Å². The number of benzene rings is 2. The fourth-order valence-corrected chi connectivity index (χ4v) is 3.26. The zero-order valence-corrected chi connectivity index (χ0v) is 16.2. The van der Waals surface area contributed by atoms with E-state index in [0.717, 1.165) is 11.1 Å². The molecular formula is C21H21ClN2O4. The summed E-state index contributed by atoms with van der Waals surface area (Å²) in [7, 11) is 0. The molecule has 0 saturated carbocycles. The predicted octanol–water partition coefficient (Wildman–Crippen LogP) is 3.18. The lowest BCUT2D eigenvalue weighted by atomic mass is 10.1. The molecule has 0 aliphatic carbocycles. The molecule has 2 aromatic carbocycles. The molecule has 1 heterocycles. The van der Waals surface area contributed by atoms with Crippen molar-refractivity contribution in [3.63, 3.8) is 0 Å². The number of nitrogens with one attached hydrogen (secondary N) is 1. The zero-order valence-electron chi connectivity index (χ0n) is 15.5. The number of esters is 1. The van der Waals surface area contributed by atoms with Crippen LogP contribution < -0.4 is 5.32 Å². The van der Waals surface area contributed by atoms with Gasteiger partial charge in [0.25, 0.3) is 5.91 Å². The number of amides is 2. The molecule has 3 rings (SSSR count). The van der Waals surface area contributed by atoms with Crippen molar-refractivity contribution in [2.45, 2.75) is 19.9 Å². The molecule has 1 fully saturated rings. The van der Waals surface area contributed by atoms with Crippen molar-refractivity contribution < 1.29 is 19.1 Å². The fraction of sp³-hybridized carbons (Fsp3) is 0.286. The number of anilines is 1. The van der Waals surface area contributed by atoms with Crippen molar-refractivity contribution in [1.29, 1.82) is 0 Å². The summed E-state index contributed by atoms with van der Waals surface area (Å²) in [6.07, 6.45) is 0.0721. The van der Waals surface area contributed by atoms with Crippen LogP contribution in [0.4, 0.5) is 5.69 Å². The first-order chi connectivity index (χ1) is 13.4. The normalized spacial score (nSPS) is 16.1. The van der Waals surface area contributed by atoms with E-state index in [1.165, 1.54) is 0 Å². The van der Waals surface area contributed by atoms with E-state index in [1.54, 1.807) is 17.0 Å². The number of nitrogens with zero attached hydrogens (tertiary/aromatic N) is 1. The van der Waals surface area contributed by atoms with Gasteiger partial charge in [-0.2, -0.15) is 0 Å². The fourth-order valence-electron chi connectivity index (χ4n) is 3.07. The van der Waals surface area contributed by atoms with Gasteiger partial charge >= 0.3 is 5.97 Å². The van der Waals surface area contributed by atoms with E-state index >= 15 is 0 Å². The van der Waals surface area contributed by atoms with E-state index in [2.05, 4.69) is 5.32 Å². The second-order valence-corrected chi connectivity index (χ2v) is 7.14. The molecule has 1 aliphatic heterocycles. The summed E-state index contributed by atoms with van der Waals surface area (Å²) in [4.78, 5) is 38.1. The summed E-state index contributed by atoms with van der Waals surface area (Å²) >= 11 is 6.14. The number of carbonyl (C=O) groups is 3.